The van der Waals surface area contributed by atoms with Crippen LogP contribution in [0.4, 0.5) is 0 Å². The zero-order valence-corrected chi connectivity index (χ0v) is 13.9. The van der Waals surface area contributed by atoms with E-state index in [1.807, 2.05) is 12.1 Å². The predicted octanol–water partition coefficient (Wildman–Crippen LogP) is 1.60. The second-order valence-corrected chi connectivity index (χ2v) is 6.62. The number of nitrogens with one attached hydrogen (secondary N) is 1. The number of carbonyl (C=O) groups is 3. The molecule has 0 bridgehead atoms. The molecular weight excluding hydrogens is 348 g/mol. The van der Waals surface area contributed by atoms with Crippen LogP contribution in [0.5, 0.6) is 0 Å². The van der Waals surface area contributed by atoms with E-state index in [1.165, 1.54) is 10.5 Å². The van der Waals surface area contributed by atoms with Gasteiger partial charge in [-0.05, 0) is 43.0 Å². The third kappa shape index (κ3) is 2.56. The second kappa shape index (κ2) is 5.83. The molecule has 0 radical (unpaired) electrons. The maximum Gasteiger partial charge on any atom is 0.290 e. The maximum atomic E-state index is 12.4. The fourth-order valence-electron chi connectivity index (χ4n) is 3.16. The minimum Gasteiger partial charge on any atom is -0.349 e. The fourth-order valence-corrected chi connectivity index (χ4v) is 3.54. The number of hydrogen-bond acceptors (Lipinski definition) is 3. The molecule has 1 fully saturated rings. The highest BCUT2D eigenvalue weighted by molar-refractivity contribution is 9.10. The molecule has 0 saturated carbocycles. The van der Waals surface area contributed by atoms with E-state index in [2.05, 4.69) is 27.3 Å². The molecule has 2 aliphatic rings. The average Bonchev–Trinajstić information content (AvgIpc) is 3.02. The molecule has 0 aromatic heterocycles. The number of fused-ring (bicyclic) bond motifs is 1. The van der Waals surface area contributed by atoms with Gasteiger partial charge in [0.25, 0.3) is 5.91 Å². The molecule has 1 aromatic carbocycles. The van der Waals surface area contributed by atoms with Crippen LogP contribution in [0.3, 0.4) is 0 Å². The zero-order valence-electron chi connectivity index (χ0n) is 12.3. The second-order valence-electron chi connectivity index (χ2n) is 5.70. The molecule has 1 aromatic rings. The van der Waals surface area contributed by atoms with E-state index in [9.17, 15) is 14.4 Å². The molecular formula is C16H17BrN2O3. The molecule has 22 heavy (non-hydrogen) atoms. The number of ketones is 1. The largest absolute Gasteiger partial charge is 0.349 e. The van der Waals surface area contributed by atoms with Gasteiger partial charge in [-0.25, -0.2) is 0 Å². The molecule has 1 aliphatic heterocycles. The first-order valence-electron chi connectivity index (χ1n) is 7.43. The number of likely N-dealkylation sites (tertiary alicyclic amines) is 1. The summed E-state index contributed by atoms with van der Waals surface area (Å²) in [6.45, 7) is 2.45. The summed E-state index contributed by atoms with van der Waals surface area (Å²) in [5, 5.41) is 2.94. The Labute approximate surface area is 137 Å². The van der Waals surface area contributed by atoms with Gasteiger partial charge in [0.2, 0.25) is 11.7 Å². The number of amides is 2. The van der Waals surface area contributed by atoms with Gasteiger partial charge >= 0.3 is 0 Å². The van der Waals surface area contributed by atoms with Crippen LogP contribution in [0.15, 0.2) is 22.7 Å². The first kappa shape index (κ1) is 15.2. The van der Waals surface area contributed by atoms with Crippen molar-refractivity contribution >= 4 is 33.5 Å². The monoisotopic (exact) mass is 364 g/mol. The van der Waals surface area contributed by atoms with Crippen molar-refractivity contribution in [3.05, 3.63) is 33.8 Å². The Morgan fingerprint density at radius 2 is 2.18 bits per heavy atom. The molecule has 1 aliphatic carbocycles. The van der Waals surface area contributed by atoms with Gasteiger partial charge in [-0.3, -0.25) is 14.4 Å². The first-order chi connectivity index (χ1) is 10.5. The summed E-state index contributed by atoms with van der Waals surface area (Å²) in [7, 11) is 0. The lowest BCUT2D eigenvalue weighted by molar-refractivity contribution is -0.142. The van der Waals surface area contributed by atoms with Crippen LogP contribution in [0.25, 0.3) is 0 Å². The third-order valence-corrected chi connectivity index (χ3v) is 4.91. The van der Waals surface area contributed by atoms with Gasteiger partial charge in [-0.2, -0.15) is 0 Å². The molecule has 1 saturated heterocycles. The van der Waals surface area contributed by atoms with Gasteiger partial charge in [-0.1, -0.05) is 22.0 Å². The number of rotatable bonds is 3. The highest BCUT2D eigenvalue weighted by Gasteiger charge is 2.43. The lowest BCUT2D eigenvalue weighted by atomic mass is 10.0. The SMILES string of the molecule is CCN1CC(C(=O)N[C@@H]2CCc3ccc(Br)cc32)C(=O)C1=O. The van der Waals surface area contributed by atoms with E-state index in [1.54, 1.807) is 6.92 Å². The molecule has 2 atom stereocenters. The van der Waals surface area contributed by atoms with Crippen molar-refractivity contribution in [2.24, 2.45) is 5.92 Å². The lowest BCUT2D eigenvalue weighted by Crippen LogP contribution is -2.37. The quantitative estimate of drug-likeness (QED) is 0.654. The fraction of sp³-hybridized carbons (Fsp3) is 0.438. The summed E-state index contributed by atoms with van der Waals surface area (Å²) in [6, 6.07) is 5.96. The normalized spacial score (nSPS) is 23.8. The van der Waals surface area contributed by atoms with Crippen LogP contribution < -0.4 is 5.32 Å². The van der Waals surface area contributed by atoms with E-state index in [0.717, 1.165) is 22.9 Å². The summed E-state index contributed by atoms with van der Waals surface area (Å²) in [4.78, 5) is 37.5. The average molecular weight is 365 g/mol. The van der Waals surface area contributed by atoms with Crippen molar-refractivity contribution in [1.29, 1.82) is 0 Å². The molecule has 6 heteroatoms. The smallest absolute Gasteiger partial charge is 0.290 e. The van der Waals surface area contributed by atoms with Crippen molar-refractivity contribution < 1.29 is 14.4 Å². The standard InChI is InChI=1S/C16H17BrN2O3/c1-2-19-8-12(14(20)16(19)22)15(21)18-13-6-4-9-3-5-10(17)7-11(9)13/h3,5,7,12-13H,2,4,6,8H2,1H3,(H,18,21)/t12?,13-/m1/s1. The van der Waals surface area contributed by atoms with Crippen LogP contribution >= 0.6 is 15.9 Å². The molecule has 3 rings (SSSR count). The minimum atomic E-state index is -0.872. The zero-order chi connectivity index (χ0) is 15.9. The van der Waals surface area contributed by atoms with Crippen molar-refractivity contribution in [3.8, 4) is 0 Å². The van der Waals surface area contributed by atoms with E-state index in [4.69, 9.17) is 0 Å². The van der Waals surface area contributed by atoms with Gasteiger partial charge in [0.1, 0.15) is 5.92 Å². The number of aryl methyl sites for hydroxylation is 1. The Bertz CT molecular complexity index is 659. The summed E-state index contributed by atoms with van der Waals surface area (Å²) in [6.07, 6.45) is 1.73. The van der Waals surface area contributed by atoms with Crippen LogP contribution in [-0.2, 0) is 20.8 Å². The lowest BCUT2D eigenvalue weighted by Gasteiger charge is -2.17. The number of halogens is 1. The molecule has 0 spiro atoms. The summed E-state index contributed by atoms with van der Waals surface area (Å²) in [5.74, 6) is -2.35. The Balaban J connectivity index is 1.73. The molecule has 5 nitrogen and oxygen atoms in total. The Morgan fingerprint density at radius 3 is 2.86 bits per heavy atom. The van der Waals surface area contributed by atoms with Crippen LogP contribution in [-0.4, -0.2) is 35.6 Å². The van der Waals surface area contributed by atoms with Crippen molar-refractivity contribution in [2.45, 2.75) is 25.8 Å². The number of likely N-dealkylation sites (N-methyl/N-ethyl adjacent to an activating group) is 1. The van der Waals surface area contributed by atoms with Crippen molar-refractivity contribution in [1.82, 2.24) is 10.2 Å². The van der Waals surface area contributed by atoms with Gasteiger partial charge in [-0.15, -0.1) is 0 Å². The number of benzene rings is 1. The summed E-state index contributed by atoms with van der Waals surface area (Å²) < 4.78 is 0.969. The van der Waals surface area contributed by atoms with Gasteiger partial charge in [0.15, 0.2) is 0 Å². The number of Topliss-reactive ketones (excluding diaryl/α,β-unsaturated/α-hetero) is 1. The number of hydrogen-bond donors (Lipinski definition) is 1. The van der Waals surface area contributed by atoms with E-state index < -0.39 is 17.6 Å². The summed E-state index contributed by atoms with van der Waals surface area (Å²) in [5.41, 5.74) is 2.31. The molecule has 116 valence electrons. The molecule has 2 amide bonds. The van der Waals surface area contributed by atoms with Gasteiger partial charge in [0, 0.05) is 17.6 Å². The maximum absolute atomic E-state index is 12.4. The highest BCUT2D eigenvalue weighted by Crippen LogP contribution is 2.33. The predicted molar refractivity (Wildman–Crippen MR) is 84.1 cm³/mol. The van der Waals surface area contributed by atoms with Crippen LogP contribution in [0.2, 0.25) is 0 Å². The van der Waals surface area contributed by atoms with E-state index in [-0.39, 0.29) is 18.5 Å². The van der Waals surface area contributed by atoms with E-state index in [0.29, 0.717) is 6.54 Å². The first-order valence-corrected chi connectivity index (χ1v) is 8.22. The third-order valence-electron chi connectivity index (χ3n) is 4.42. The number of carbonyl (C=O) groups excluding carboxylic acids is 3. The van der Waals surface area contributed by atoms with Crippen LogP contribution in [0.1, 0.15) is 30.5 Å². The van der Waals surface area contributed by atoms with Crippen molar-refractivity contribution in [3.63, 3.8) is 0 Å². The Hall–Kier alpha value is -1.69. The topological polar surface area (TPSA) is 66.5 Å². The Kier molecular flexibility index (Phi) is 4.04. The highest BCUT2D eigenvalue weighted by atomic mass is 79.9. The van der Waals surface area contributed by atoms with Crippen molar-refractivity contribution in [2.75, 3.05) is 13.1 Å². The molecule has 1 N–H and O–H groups in total. The summed E-state index contributed by atoms with van der Waals surface area (Å²) >= 11 is 3.44. The van der Waals surface area contributed by atoms with Gasteiger partial charge in [0.05, 0.1) is 6.04 Å². The Morgan fingerprint density at radius 1 is 1.41 bits per heavy atom. The van der Waals surface area contributed by atoms with E-state index >= 15 is 0 Å². The van der Waals surface area contributed by atoms with Gasteiger partial charge < -0.3 is 10.2 Å². The molecule has 1 heterocycles. The minimum absolute atomic E-state index is 0.0846. The van der Waals surface area contributed by atoms with Crippen LogP contribution in [0, 0.1) is 5.92 Å². The molecule has 1 unspecified atom stereocenters. The number of nitrogens with zero attached hydrogens (tertiary/aromatic N) is 1.